The second-order valence-corrected chi connectivity index (χ2v) is 4.59. The number of pyridine rings is 1. The number of carbonyl (C=O) groups excluding carboxylic acids is 1. The smallest absolute Gasteiger partial charge is 0.251 e. The Balaban J connectivity index is 1.95. The molecule has 19 heavy (non-hydrogen) atoms. The van der Waals surface area contributed by atoms with Crippen LogP contribution in [0.3, 0.4) is 0 Å². The minimum Gasteiger partial charge on any atom is -0.348 e. The zero-order valence-electron chi connectivity index (χ0n) is 10.7. The van der Waals surface area contributed by atoms with Crippen molar-refractivity contribution >= 4 is 17.5 Å². The highest BCUT2D eigenvalue weighted by atomic mass is 35.5. The highest BCUT2D eigenvalue weighted by Crippen LogP contribution is 2.07. The molecule has 2 rings (SSSR count). The van der Waals surface area contributed by atoms with Crippen LogP contribution in [0.2, 0.25) is 0 Å². The Morgan fingerprint density at radius 3 is 2.42 bits per heavy atom. The largest absolute Gasteiger partial charge is 0.348 e. The first-order chi connectivity index (χ1) is 9.19. The predicted octanol–water partition coefficient (Wildman–Crippen LogP) is 3.06. The van der Waals surface area contributed by atoms with Gasteiger partial charge >= 0.3 is 0 Å². The molecule has 1 aromatic carbocycles. The number of nitrogens with one attached hydrogen (secondary N) is 1. The van der Waals surface area contributed by atoms with Crippen LogP contribution < -0.4 is 5.32 Å². The SMILES string of the molecule is Cc1ccc(CNC(=O)c2ccc(CCl)cc2)cn1. The minimum absolute atomic E-state index is 0.0957. The van der Waals surface area contributed by atoms with E-state index >= 15 is 0 Å². The van der Waals surface area contributed by atoms with Gasteiger partial charge in [-0.15, -0.1) is 11.6 Å². The van der Waals surface area contributed by atoms with E-state index in [2.05, 4.69) is 10.3 Å². The van der Waals surface area contributed by atoms with E-state index in [1.54, 1.807) is 18.3 Å². The molecule has 1 amide bonds. The Morgan fingerprint density at radius 1 is 1.16 bits per heavy atom. The van der Waals surface area contributed by atoms with Crippen molar-refractivity contribution in [2.45, 2.75) is 19.3 Å². The molecule has 0 atom stereocenters. The summed E-state index contributed by atoms with van der Waals surface area (Å²) in [6.45, 7) is 2.41. The van der Waals surface area contributed by atoms with Gasteiger partial charge in [0, 0.05) is 29.9 Å². The van der Waals surface area contributed by atoms with Gasteiger partial charge in [-0.05, 0) is 36.2 Å². The van der Waals surface area contributed by atoms with Gasteiger partial charge in [0.15, 0.2) is 0 Å². The molecule has 0 unspecified atom stereocenters. The summed E-state index contributed by atoms with van der Waals surface area (Å²) in [5.41, 5.74) is 3.58. The summed E-state index contributed by atoms with van der Waals surface area (Å²) in [6, 6.07) is 11.2. The zero-order chi connectivity index (χ0) is 13.7. The molecule has 0 spiro atoms. The fraction of sp³-hybridized carbons (Fsp3) is 0.200. The van der Waals surface area contributed by atoms with E-state index in [9.17, 15) is 4.79 Å². The second-order valence-electron chi connectivity index (χ2n) is 4.32. The molecule has 98 valence electrons. The van der Waals surface area contributed by atoms with Gasteiger partial charge in [0.25, 0.3) is 5.91 Å². The van der Waals surface area contributed by atoms with Crippen molar-refractivity contribution in [3.63, 3.8) is 0 Å². The van der Waals surface area contributed by atoms with Gasteiger partial charge in [-0.2, -0.15) is 0 Å². The first-order valence-electron chi connectivity index (χ1n) is 6.03. The molecule has 1 aromatic heterocycles. The number of aryl methyl sites for hydroxylation is 1. The Kier molecular flexibility index (Phi) is 4.53. The first kappa shape index (κ1) is 13.6. The summed E-state index contributed by atoms with van der Waals surface area (Å²) in [4.78, 5) is 16.1. The number of hydrogen-bond acceptors (Lipinski definition) is 2. The third-order valence-corrected chi connectivity index (χ3v) is 3.10. The Labute approximate surface area is 117 Å². The topological polar surface area (TPSA) is 42.0 Å². The van der Waals surface area contributed by atoms with Crippen LogP contribution in [0.4, 0.5) is 0 Å². The lowest BCUT2D eigenvalue weighted by atomic mass is 10.1. The van der Waals surface area contributed by atoms with Crippen molar-refractivity contribution in [1.29, 1.82) is 0 Å². The van der Waals surface area contributed by atoms with Gasteiger partial charge in [-0.3, -0.25) is 9.78 Å². The van der Waals surface area contributed by atoms with E-state index in [1.807, 2.05) is 31.2 Å². The summed E-state index contributed by atoms with van der Waals surface area (Å²) < 4.78 is 0. The fourth-order valence-corrected chi connectivity index (χ4v) is 1.81. The van der Waals surface area contributed by atoms with Crippen LogP contribution in [0.15, 0.2) is 42.6 Å². The molecule has 2 aromatic rings. The third kappa shape index (κ3) is 3.80. The van der Waals surface area contributed by atoms with Crippen molar-refractivity contribution in [2.24, 2.45) is 0 Å². The van der Waals surface area contributed by atoms with E-state index in [0.29, 0.717) is 18.0 Å². The van der Waals surface area contributed by atoms with Crippen LogP contribution in [-0.4, -0.2) is 10.9 Å². The highest BCUT2D eigenvalue weighted by Gasteiger charge is 2.05. The first-order valence-corrected chi connectivity index (χ1v) is 6.57. The summed E-state index contributed by atoms with van der Waals surface area (Å²) in [5.74, 6) is 0.360. The quantitative estimate of drug-likeness (QED) is 0.871. The van der Waals surface area contributed by atoms with Gasteiger partial charge in [0.1, 0.15) is 0 Å². The molecule has 0 saturated heterocycles. The molecule has 3 nitrogen and oxygen atoms in total. The lowest BCUT2D eigenvalue weighted by Crippen LogP contribution is -2.22. The summed E-state index contributed by atoms with van der Waals surface area (Å²) >= 11 is 5.71. The molecule has 4 heteroatoms. The second kappa shape index (κ2) is 6.34. The maximum Gasteiger partial charge on any atom is 0.251 e. The number of amides is 1. The number of aromatic nitrogens is 1. The van der Waals surface area contributed by atoms with Gasteiger partial charge < -0.3 is 5.32 Å². The fourth-order valence-electron chi connectivity index (χ4n) is 1.63. The lowest BCUT2D eigenvalue weighted by molar-refractivity contribution is 0.0951. The molecule has 0 aliphatic rings. The van der Waals surface area contributed by atoms with E-state index in [1.165, 1.54) is 0 Å². The molecule has 0 aliphatic heterocycles. The monoisotopic (exact) mass is 274 g/mol. The van der Waals surface area contributed by atoms with E-state index in [-0.39, 0.29) is 5.91 Å². The van der Waals surface area contributed by atoms with Crippen molar-refractivity contribution in [2.75, 3.05) is 0 Å². The van der Waals surface area contributed by atoms with E-state index in [4.69, 9.17) is 11.6 Å². The maximum absolute atomic E-state index is 11.9. The molecule has 1 N–H and O–H groups in total. The lowest BCUT2D eigenvalue weighted by Gasteiger charge is -2.06. The van der Waals surface area contributed by atoms with Gasteiger partial charge in [0.05, 0.1) is 0 Å². The van der Waals surface area contributed by atoms with Crippen LogP contribution in [-0.2, 0) is 12.4 Å². The maximum atomic E-state index is 11.9. The number of benzene rings is 1. The number of carbonyl (C=O) groups is 1. The highest BCUT2D eigenvalue weighted by molar-refractivity contribution is 6.17. The van der Waals surface area contributed by atoms with Crippen molar-refractivity contribution in [3.05, 3.63) is 65.0 Å². The summed E-state index contributed by atoms with van der Waals surface area (Å²) in [5, 5.41) is 2.86. The van der Waals surface area contributed by atoms with Crippen molar-refractivity contribution in [3.8, 4) is 0 Å². The minimum atomic E-state index is -0.0957. The third-order valence-electron chi connectivity index (χ3n) is 2.80. The number of nitrogens with zero attached hydrogens (tertiary/aromatic N) is 1. The Bertz CT molecular complexity index is 549. The number of alkyl halides is 1. The molecular formula is C15H15ClN2O. The number of hydrogen-bond donors (Lipinski definition) is 1. The molecule has 0 fully saturated rings. The molecular weight excluding hydrogens is 260 g/mol. The van der Waals surface area contributed by atoms with Crippen LogP contribution in [0.25, 0.3) is 0 Å². The standard InChI is InChI=1S/C15H15ClN2O/c1-11-2-3-13(9-17-11)10-18-15(19)14-6-4-12(8-16)5-7-14/h2-7,9H,8,10H2,1H3,(H,18,19). The molecule has 0 radical (unpaired) electrons. The molecule has 0 bridgehead atoms. The normalized spacial score (nSPS) is 10.2. The molecule has 0 saturated carbocycles. The van der Waals surface area contributed by atoms with Gasteiger partial charge in [0.2, 0.25) is 0 Å². The molecule has 0 aliphatic carbocycles. The summed E-state index contributed by atoms with van der Waals surface area (Å²) in [7, 11) is 0. The van der Waals surface area contributed by atoms with Gasteiger partial charge in [-0.1, -0.05) is 18.2 Å². The average molecular weight is 275 g/mol. The van der Waals surface area contributed by atoms with E-state index < -0.39 is 0 Å². The van der Waals surface area contributed by atoms with Crippen LogP contribution in [0, 0.1) is 6.92 Å². The van der Waals surface area contributed by atoms with E-state index in [0.717, 1.165) is 16.8 Å². The van der Waals surface area contributed by atoms with Crippen LogP contribution in [0.1, 0.15) is 27.2 Å². The van der Waals surface area contributed by atoms with Crippen molar-refractivity contribution < 1.29 is 4.79 Å². The predicted molar refractivity (Wildman–Crippen MR) is 76.1 cm³/mol. The number of rotatable bonds is 4. The zero-order valence-corrected chi connectivity index (χ0v) is 11.4. The Hall–Kier alpha value is -1.87. The summed E-state index contributed by atoms with van der Waals surface area (Å²) in [6.07, 6.45) is 1.77. The van der Waals surface area contributed by atoms with Crippen LogP contribution in [0.5, 0.6) is 0 Å². The Morgan fingerprint density at radius 2 is 1.84 bits per heavy atom. The average Bonchev–Trinajstić information content (AvgIpc) is 2.46. The van der Waals surface area contributed by atoms with Crippen molar-refractivity contribution in [1.82, 2.24) is 10.3 Å². The molecule has 1 heterocycles. The van der Waals surface area contributed by atoms with Gasteiger partial charge in [-0.25, -0.2) is 0 Å². The van der Waals surface area contributed by atoms with Crippen LogP contribution >= 0.6 is 11.6 Å². The number of halogens is 1.